The van der Waals surface area contributed by atoms with Crippen LogP contribution < -0.4 is 5.73 Å². The van der Waals surface area contributed by atoms with Gasteiger partial charge in [-0.15, -0.1) is 0 Å². The van der Waals surface area contributed by atoms with E-state index in [9.17, 15) is 8.78 Å². The van der Waals surface area contributed by atoms with Crippen molar-refractivity contribution in [3.8, 4) is 0 Å². The van der Waals surface area contributed by atoms with E-state index in [-0.39, 0.29) is 10.6 Å². The number of hydrogen-bond acceptors (Lipinski definition) is 2. The molecule has 0 aliphatic rings. The predicted molar refractivity (Wildman–Crippen MR) is 69.8 cm³/mol. The molecule has 2 rings (SSSR count). The summed E-state index contributed by atoms with van der Waals surface area (Å²) in [6.45, 7) is 0. The summed E-state index contributed by atoms with van der Waals surface area (Å²) in [5, 5.41) is 3.80. The highest BCUT2D eigenvalue weighted by Gasteiger charge is 2.15. The van der Waals surface area contributed by atoms with Crippen molar-refractivity contribution in [1.29, 1.82) is 0 Å². The Kier molecular flexibility index (Phi) is 4.17. The molecule has 0 saturated carbocycles. The maximum Gasteiger partial charge on any atom is 0.142 e. The van der Waals surface area contributed by atoms with E-state index in [1.54, 1.807) is 10.9 Å². The van der Waals surface area contributed by atoms with Gasteiger partial charge in [-0.25, -0.2) is 8.78 Å². The predicted octanol–water partition coefficient (Wildman–Crippen LogP) is 2.98. The quantitative estimate of drug-likeness (QED) is 0.878. The maximum atomic E-state index is 13.7. The lowest BCUT2D eigenvalue weighted by atomic mass is 10.0. The van der Waals surface area contributed by atoms with Gasteiger partial charge in [-0.05, 0) is 31.0 Å². The largest absolute Gasteiger partial charge is 0.324 e. The van der Waals surface area contributed by atoms with Gasteiger partial charge in [0.2, 0.25) is 0 Å². The van der Waals surface area contributed by atoms with Crippen LogP contribution in [-0.2, 0) is 13.5 Å². The van der Waals surface area contributed by atoms with E-state index in [0.29, 0.717) is 12.8 Å². The molecule has 1 aromatic heterocycles. The molecule has 0 aliphatic heterocycles. The second kappa shape index (κ2) is 5.67. The number of benzene rings is 1. The monoisotopic (exact) mass is 285 g/mol. The van der Waals surface area contributed by atoms with E-state index in [4.69, 9.17) is 17.3 Å². The van der Waals surface area contributed by atoms with Crippen molar-refractivity contribution in [3.05, 3.63) is 52.3 Å². The van der Waals surface area contributed by atoms with E-state index in [1.165, 1.54) is 0 Å². The number of aromatic nitrogens is 2. The third-order valence-corrected chi connectivity index (χ3v) is 3.36. The molecule has 3 nitrogen and oxygen atoms in total. The van der Waals surface area contributed by atoms with Crippen molar-refractivity contribution in [2.75, 3.05) is 0 Å². The van der Waals surface area contributed by atoms with Crippen LogP contribution in [0, 0.1) is 11.6 Å². The fraction of sp³-hybridized carbons (Fsp3) is 0.308. The van der Waals surface area contributed by atoms with Gasteiger partial charge in [0.25, 0.3) is 0 Å². The molecule has 2 N–H and O–H groups in total. The van der Waals surface area contributed by atoms with E-state index in [2.05, 4.69) is 5.10 Å². The van der Waals surface area contributed by atoms with Crippen LogP contribution in [0.2, 0.25) is 5.02 Å². The minimum Gasteiger partial charge on any atom is -0.324 e. The average Bonchev–Trinajstić information content (AvgIpc) is 2.76. The molecule has 1 unspecified atom stereocenters. The number of halogens is 3. The van der Waals surface area contributed by atoms with Crippen LogP contribution in [0.15, 0.2) is 24.4 Å². The number of aryl methyl sites for hydroxylation is 2. The second-order valence-corrected chi connectivity index (χ2v) is 4.79. The van der Waals surface area contributed by atoms with Crippen molar-refractivity contribution in [3.63, 3.8) is 0 Å². The SMILES string of the molecule is Cn1nccc1CCC(N)c1cc(F)c(Cl)cc1F. The molecular formula is C13H14ClF2N3. The molecule has 19 heavy (non-hydrogen) atoms. The van der Waals surface area contributed by atoms with Gasteiger partial charge in [0.1, 0.15) is 11.6 Å². The van der Waals surface area contributed by atoms with Crippen LogP contribution in [0.3, 0.4) is 0 Å². The standard InChI is InChI=1S/C13H14ClF2N3/c1-19-8(4-5-18-19)2-3-13(17)9-6-12(16)10(14)7-11(9)15/h4-7,13H,2-3,17H2,1H3. The maximum absolute atomic E-state index is 13.7. The van der Waals surface area contributed by atoms with Gasteiger partial charge in [-0.1, -0.05) is 11.6 Å². The minimum absolute atomic E-state index is 0.143. The first-order valence-corrected chi connectivity index (χ1v) is 6.23. The fourth-order valence-electron chi connectivity index (χ4n) is 1.93. The molecule has 1 aromatic carbocycles. The highest BCUT2D eigenvalue weighted by atomic mass is 35.5. The molecule has 0 saturated heterocycles. The third-order valence-electron chi connectivity index (χ3n) is 3.07. The molecule has 0 amide bonds. The molecule has 0 aliphatic carbocycles. The van der Waals surface area contributed by atoms with E-state index < -0.39 is 17.7 Å². The molecule has 0 bridgehead atoms. The summed E-state index contributed by atoms with van der Waals surface area (Å²) in [6.07, 6.45) is 2.82. The van der Waals surface area contributed by atoms with E-state index >= 15 is 0 Å². The topological polar surface area (TPSA) is 43.8 Å². The van der Waals surface area contributed by atoms with Crippen molar-refractivity contribution in [1.82, 2.24) is 9.78 Å². The van der Waals surface area contributed by atoms with Crippen LogP contribution >= 0.6 is 11.6 Å². The van der Waals surface area contributed by atoms with E-state index in [0.717, 1.165) is 17.8 Å². The van der Waals surface area contributed by atoms with Crippen molar-refractivity contribution < 1.29 is 8.78 Å². The Bertz CT molecular complexity index is 583. The zero-order chi connectivity index (χ0) is 14.0. The zero-order valence-electron chi connectivity index (χ0n) is 10.4. The Hall–Kier alpha value is -1.46. The van der Waals surface area contributed by atoms with E-state index in [1.807, 2.05) is 13.1 Å². The highest BCUT2D eigenvalue weighted by Crippen LogP contribution is 2.25. The van der Waals surface area contributed by atoms with Gasteiger partial charge in [-0.3, -0.25) is 4.68 Å². The average molecular weight is 286 g/mol. The second-order valence-electron chi connectivity index (χ2n) is 4.38. The zero-order valence-corrected chi connectivity index (χ0v) is 11.2. The Morgan fingerprint density at radius 2 is 2.11 bits per heavy atom. The Labute approximate surface area is 115 Å². The first kappa shape index (κ1) is 14.0. The molecule has 0 fully saturated rings. The van der Waals surface area contributed by atoms with Crippen LogP contribution in [-0.4, -0.2) is 9.78 Å². The molecule has 2 aromatic rings. The van der Waals surface area contributed by atoms with Crippen molar-refractivity contribution >= 4 is 11.6 Å². The molecule has 6 heteroatoms. The molecule has 1 atom stereocenters. The summed E-state index contributed by atoms with van der Waals surface area (Å²) in [5.41, 5.74) is 7.04. The molecular weight excluding hydrogens is 272 g/mol. The van der Waals surface area contributed by atoms with Crippen molar-refractivity contribution in [2.45, 2.75) is 18.9 Å². The van der Waals surface area contributed by atoms with Crippen LogP contribution in [0.25, 0.3) is 0 Å². The number of hydrogen-bond donors (Lipinski definition) is 1. The molecule has 102 valence electrons. The van der Waals surface area contributed by atoms with Crippen LogP contribution in [0.1, 0.15) is 23.7 Å². The summed E-state index contributed by atoms with van der Waals surface area (Å²) >= 11 is 5.50. The molecule has 1 heterocycles. The van der Waals surface area contributed by atoms with Gasteiger partial charge in [0, 0.05) is 30.5 Å². The van der Waals surface area contributed by atoms with Crippen LogP contribution in [0.5, 0.6) is 0 Å². The van der Waals surface area contributed by atoms with Gasteiger partial charge in [0.15, 0.2) is 0 Å². The lowest BCUT2D eigenvalue weighted by Gasteiger charge is -2.13. The normalized spacial score (nSPS) is 12.7. The first-order valence-electron chi connectivity index (χ1n) is 5.86. The minimum atomic E-state index is -0.658. The Balaban J connectivity index is 2.10. The highest BCUT2D eigenvalue weighted by molar-refractivity contribution is 6.30. The van der Waals surface area contributed by atoms with Crippen LogP contribution in [0.4, 0.5) is 8.78 Å². The Morgan fingerprint density at radius 3 is 2.74 bits per heavy atom. The number of nitrogens with two attached hydrogens (primary N) is 1. The summed E-state index contributed by atoms with van der Waals surface area (Å²) in [5.74, 6) is -1.24. The summed E-state index contributed by atoms with van der Waals surface area (Å²) < 4.78 is 28.7. The molecule has 0 radical (unpaired) electrons. The van der Waals surface area contributed by atoms with Crippen molar-refractivity contribution in [2.24, 2.45) is 12.8 Å². The molecule has 0 spiro atoms. The van der Waals surface area contributed by atoms with Gasteiger partial charge in [-0.2, -0.15) is 5.10 Å². The first-order chi connectivity index (χ1) is 8.99. The lowest BCUT2D eigenvalue weighted by molar-refractivity contribution is 0.542. The van der Waals surface area contributed by atoms with Gasteiger partial charge >= 0.3 is 0 Å². The fourth-order valence-corrected chi connectivity index (χ4v) is 2.08. The van der Waals surface area contributed by atoms with Gasteiger partial charge < -0.3 is 5.73 Å². The van der Waals surface area contributed by atoms with Gasteiger partial charge in [0.05, 0.1) is 5.02 Å². The number of nitrogens with zero attached hydrogens (tertiary/aromatic N) is 2. The third kappa shape index (κ3) is 3.11. The number of rotatable bonds is 4. The Morgan fingerprint density at radius 1 is 1.37 bits per heavy atom. The summed E-state index contributed by atoms with van der Waals surface area (Å²) in [7, 11) is 1.82. The lowest BCUT2D eigenvalue weighted by Crippen LogP contribution is -2.14. The summed E-state index contributed by atoms with van der Waals surface area (Å²) in [4.78, 5) is 0. The summed E-state index contributed by atoms with van der Waals surface area (Å²) in [6, 6.07) is 3.30. The smallest absolute Gasteiger partial charge is 0.142 e.